The number of carbonyl (C=O) groups excluding carboxylic acids is 2. The van der Waals surface area contributed by atoms with E-state index in [-0.39, 0.29) is 18.4 Å². The van der Waals surface area contributed by atoms with Gasteiger partial charge in [-0.3, -0.25) is 9.59 Å². The molecular formula is C20H22N2O3. The number of fused-ring (bicyclic) bond motifs is 1. The molecule has 0 spiro atoms. The van der Waals surface area contributed by atoms with E-state index in [2.05, 4.69) is 10.6 Å². The van der Waals surface area contributed by atoms with Gasteiger partial charge in [0.15, 0.2) is 0 Å². The third kappa shape index (κ3) is 4.67. The Morgan fingerprint density at radius 2 is 1.84 bits per heavy atom. The Morgan fingerprint density at radius 3 is 2.60 bits per heavy atom. The van der Waals surface area contributed by atoms with Gasteiger partial charge in [-0.15, -0.1) is 0 Å². The number of hydrogen-bond donors (Lipinski definition) is 3. The Labute approximate surface area is 147 Å². The first-order valence-corrected chi connectivity index (χ1v) is 8.55. The lowest BCUT2D eigenvalue weighted by atomic mass is 10.0. The molecule has 0 unspecified atom stereocenters. The molecule has 2 aromatic rings. The fraction of sp³-hybridized carbons (Fsp3) is 0.300. The number of rotatable bonds is 7. The molecule has 1 aliphatic heterocycles. The van der Waals surface area contributed by atoms with Crippen molar-refractivity contribution in [2.75, 3.05) is 17.2 Å². The van der Waals surface area contributed by atoms with E-state index in [9.17, 15) is 9.59 Å². The number of benzene rings is 2. The van der Waals surface area contributed by atoms with E-state index in [0.717, 1.165) is 40.9 Å². The molecule has 5 nitrogen and oxygen atoms in total. The van der Waals surface area contributed by atoms with Crippen molar-refractivity contribution in [3.63, 3.8) is 0 Å². The number of anilines is 2. The molecule has 5 heteroatoms. The van der Waals surface area contributed by atoms with Gasteiger partial charge in [0.2, 0.25) is 11.8 Å². The minimum absolute atomic E-state index is 0.00656. The van der Waals surface area contributed by atoms with Crippen molar-refractivity contribution in [3.05, 3.63) is 59.2 Å². The molecular weight excluding hydrogens is 316 g/mol. The van der Waals surface area contributed by atoms with Crippen LogP contribution in [-0.4, -0.2) is 23.5 Å². The molecule has 2 amide bonds. The maximum absolute atomic E-state index is 12.0. The average molecular weight is 338 g/mol. The Hall–Kier alpha value is -2.66. The lowest BCUT2D eigenvalue weighted by molar-refractivity contribution is -0.116. The SMILES string of the molecule is O=C(CCCc1ccc2c(c1)CC(=O)N2)Nc1ccc(CCO)cc1. The largest absolute Gasteiger partial charge is 0.396 e. The first-order chi connectivity index (χ1) is 12.1. The third-order valence-electron chi connectivity index (χ3n) is 4.30. The van der Waals surface area contributed by atoms with Crippen LogP contribution in [0, 0.1) is 0 Å². The number of aliphatic hydroxyl groups excluding tert-OH is 1. The molecule has 0 aliphatic carbocycles. The first kappa shape index (κ1) is 17.2. The van der Waals surface area contributed by atoms with Gasteiger partial charge in [0.25, 0.3) is 0 Å². The summed E-state index contributed by atoms with van der Waals surface area (Å²) in [6.07, 6.45) is 3.08. The first-order valence-electron chi connectivity index (χ1n) is 8.55. The van der Waals surface area contributed by atoms with Crippen LogP contribution in [0.5, 0.6) is 0 Å². The molecule has 0 atom stereocenters. The van der Waals surface area contributed by atoms with Crippen LogP contribution in [0.1, 0.15) is 29.5 Å². The second kappa shape index (κ2) is 7.94. The zero-order valence-electron chi connectivity index (χ0n) is 14.0. The van der Waals surface area contributed by atoms with E-state index >= 15 is 0 Å². The number of nitrogens with one attached hydrogen (secondary N) is 2. The molecule has 0 aromatic heterocycles. The normalized spacial score (nSPS) is 12.6. The van der Waals surface area contributed by atoms with Crippen molar-refractivity contribution >= 4 is 23.2 Å². The van der Waals surface area contributed by atoms with E-state index < -0.39 is 0 Å². The fourth-order valence-corrected chi connectivity index (χ4v) is 3.00. The number of carbonyl (C=O) groups is 2. The highest BCUT2D eigenvalue weighted by Gasteiger charge is 2.17. The predicted octanol–water partition coefficient (Wildman–Crippen LogP) is 2.68. The molecule has 1 aliphatic rings. The maximum atomic E-state index is 12.0. The lowest BCUT2D eigenvalue weighted by Gasteiger charge is -2.07. The molecule has 0 saturated carbocycles. The molecule has 130 valence electrons. The molecule has 0 saturated heterocycles. The predicted molar refractivity (Wildman–Crippen MR) is 97.6 cm³/mol. The second-order valence-corrected chi connectivity index (χ2v) is 6.29. The topological polar surface area (TPSA) is 78.4 Å². The number of aryl methyl sites for hydroxylation is 1. The van der Waals surface area contributed by atoms with Crippen LogP contribution in [0.3, 0.4) is 0 Å². The van der Waals surface area contributed by atoms with Gasteiger partial charge in [-0.05, 0) is 54.2 Å². The zero-order valence-corrected chi connectivity index (χ0v) is 14.0. The van der Waals surface area contributed by atoms with Gasteiger partial charge in [-0.2, -0.15) is 0 Å². The minimum Gasteiger partial charge on any atom is -0.396 e. The maximum Gasteiger partial charge on any atom is 0.228 e. The van der Waals surface area contributed by atoms with E-state index in [0.29, 0.717) is 19.3 Å². The summed E-state index contributed by atoms with van der Waals surface area (Å²) in [6.45, 7) is 0.124. The van der Waals surface area contributed by atoms with E-state index in [1.807, 2.05) is 42.5 Å². The van der Waals surface area contributed by atoms with Crippen molar-refractivity contribution in [2.24, 2.45) is 0 Å². The number of amides is 2. The van der Waals surface area contributed by atoms with Gasteiger partial charge in [0.1, 0.15) is 0 Å². The number of hydrogen-bond acceptors (Lipinski definition) is 3. The molecule has 0 fully saturated rings. The van der Waals surface area contributed by atoms with Crippen molar-refractivity contribution in [1.29, 1.82) is 0 Å². The average Bonchev–Trinajstić information content (AvgIpc) is 2.96. The van der Waals surface area contributed by atoms with Crippen molar-refractivity contribution in [3.8, 4) is 0 Å². The zero-order chi connectivity index (χ0) is 17.6. The quantitative estimate of drug-likeness (QED) is 0.726. The lowest BCUT2D eigenvalue weighted by Crippen LogP contribution is -2.11. The van der Waals surface area contributed by atoms with Crippen LogP contribution < -0.4 is 10.6 Å². The van der Waals surface area contributed by atoms with Crippen LogP contribution in [0.15, 0.2) is 42.5 Å². The molecule has 25 heavy (non-hydrogen) atoms. The van der Waals surface area contributed by atoms with Crippen LogP contribution in [-0.2, 0) is 28.9 Å². The summed E-state index contributed by atoms with van der Waals surface area (Å²) in [5.41, 5.74) is 4.90. The van der Waals surface area contributed by atoms with E-state index in [1.54, 1.807) is 0 Å². The summed E-state index contributed by atoms with van der Waals surface area (Å²) in [4.78, 5) is 23.4. The van der Waals surface area contributed by atoms with Gasteiger partial charge in [0.05, 0.1) is 6.42 Å². The van der Waals surface area contributed by atoms with E-state index in [4.69, 9.17) is 5.11 Å². The summed E-state index contributed by atoms with van der Waals surface area (Å²) in [7, 11) is 0. The van der Waals surface area contributed by atoms with E-state index in [1.165, 1.54) is 0 Å². The summed E-state index contributed by atoms with van der Waals surface area (Å²) in [5.74, 6) is 0.0319. The summed E-state index contributed by atoms with van der Waals surface area (Å²) < 4.78 is 0. The van der Waals surface area contributed by atoms with Crippen LogP contribution in [0.25, 0.3) is 0 Å². The van der Waals surface area contributed by atoms with Crippen LogP contribution >= 0.6 is 0 Å². The smallest absolute Gasteiger partial charge is 0.228 e. The van der Waals surface area contributed by atoms with Gasteiger partial charge >= 0.3 is 0 Å². The molecule has 3 rings (SSSR count). The highest BCUT2D eigenvalue weighted by molar-refractivity contribution is 5.99. The Kier molecular flexibility index (Phi) is 5.46. The van der Waals surface area contributed by atoms with Crippen molar-refractivity contribution < 1.29 is 14.7 Å². The van der Waals surface area contributed by atoms with Gasteiger partial charge in [0, 0.05) is 24.4 Å². The molecule has 2 aromatic carbocycles. The van der Waals surface area contributed by atoms with Crippen molar-refractivity contribution in [2.45, 2.75) is 32.1 Å². The third-order valence-corrected chi connectivity index (χ3v) is 4.30. The number of aliphatic hydroxyl groups is 1. The highest BCUT2D eigenvalue weighted by Crippen LogP contribution is 2.24. The summed E-state index contributed by atoms with van der Waals surface area (Å²) in [5, 5.41) is 14.6. The Bertz CT molecular complexity index is 769. The minimum atomic E-state index is -0.00656. The molecule has 3 N–H and O–H groups in total. The Balaban J connectivity index is 1.45. The van der Waals surface area contributed by atoms with Crippen LogP contribution in [0.2, 0.25) is 0 Å². The van der Waals surface area contributed by atoms with Gasteiger partial charge < -0.3 is 15.7 Å². The van der Waals surface area contributed by atoms with Gasteiger partial charge in [-0.1, -0.05) is 24.3 Å². The monoisotopic (exact) mass is 338 g/mol. The molecule has 1 heterocycles. The molecule has 0 radical (unpaired) electrons. The highest BCUT2D eigenvalue weighted by atomic mass is 16.3. The standard InChI is InChI=1S/C20H22N2O3/c23-11-10-14-4-7-17(8-5-14)21-19(24)3-1-2-15-6-9-18-16(12-15)13-20(25)22-18/h4-9,12,23H,1-3,10-11,13H2,(H,21,24)(H,22,25). The van der Waals surface area contributed by atoms with Crippen molar-refractivity contribution in [1.82, 2.24) is 0 Å². The van der Waals surface area contributed by atoms with Crippen LogP contribution in [0.4, 0.5) is 11.4 Å². The Morgan fingerprint density at radius 1 is 1.08 bits per heavy atom. The summed E-state index contributed by atoms with van der Waals surface area (Å²) in [6, 6.07) is 13.5. The second-order valence-electron chi connectivity index (χ2n) is 6.29. The van der Waals surface area contributed by atoms with Gasteiger partial charge in [-0.25, -0.2) is 0 Å². The summed E-state index contributed by atoms with van der Waals surface area (Å²) >= 11 is 0. The molecule has 0 bridgehead atoms. The fourth-order valence-electron chi connectivity index (χ4n) is 3.00.